The van der Waals surface area contributed by atoms with Crippen LogP contribution in [-0.2, 0) is 12.8 Å². The summed E-state index contributed by atoms with van der Waals surface area (Å²) in [5, 5.41) is 20.1. The molecule has 0 radical (unpaired) electrons. The van der Waals surface area contributed by atoms with Gasteiger partial charge in [-0.1, -0.05) is 150 Å². The summed E-state index contributed by atoms with van der Waals surface area (Å²) in [5.41, 5.74) is 18.9. The molecule has 0 fully saturated rings. The number of ketones is 2. The molecule has 6 N–H and O–H groups in total. The van der Waals surface area contributed by atoms with Gasteiger partial charge in [0.25, 0.3) is 0 Å². The van der Waals surface area contributed by atoms with Gasteiger partial charge >= 0.3 is 0 Å². The number of benzene rings is 9. The maximum Gasteiger partial charge on any atom is 0.188 e. The number of nitrogens with two attached hydrogens (primary N) is 1. The fourth-order valence-corrected chi connectivity index (χ4v) is 9.69. The van der Waals surface area contributed by atoms with E-state index >= 15 is 0 Å². The molecule has 0 saturated heterocycles. The minimum absolute atomic E-state index is 0.0189. The Bertz CT molecular complexity index is 3580. The summed E-state index contributed by atoms with van der Waals surface area (Å²) in [6, 6.07) is 78.8. The van der Waals surface area contributed by atoms with Crippen molar-refractivity contribution in [3.05, 3.63) is 313 Å². The number of rotatable bonds is 18. The number of H-pyrrole nitrogens is 1. The number of aromatic nitrogens is 2. The molecule has 0 saturated carbocycles. The molecule has 82 heavy (non-hydrogen) atoms. The number of nitrogens with zero attached hydrogens (tertiary/aromatic N) is 1. The van der Waals surface area contributed by atoms with Crippen LogP contribution >= 0.6 is 70.1 Å². The minimum atomic E-state index is -0.0517. The summed E-state index contributed by atoms with van der Waals surface area (Å²) in [7, 11) is 0. The predicted molar refractivity (Wildman–Crippen MR) is 356 cm³/mol. The van der Waals surface area contributed by atoms with Crippen LogP contribution in [0.1, 0.15) is 43.0 Å². The van der Waals surface area contributed by atoms with Crippen molar-refractivity contribution in [2.24, 2.45) is 0 Å². The second kappa shape index (κ2) is 33.2. The van der Waals surface area contributed by atoms with Gasteiger partial charge < -0.3 is 21.7 Å². The molecule has 414 valence electrons. The lowest BCUT2D eigenvalue weighted by atomic mass is 10.0. The van der Waals surface area contributed by atoms with Crippen molar-refractivity contribution in [3.63, 3.8) is 0 Å². The predicted octanol–water partition coefficient (Wildman–Crippen LogP) is 19.6. The van der Waals surface area contributed by atoms with E-state index in [2.05, 4.69) is 98.9 Å². The highest BCUT2D eigenvalue weighted by molar-refractivity contribution is 8.21. The van der Waals surface area contributed by atoms with Crippen LogP contribution in [0, 0.1) is 0 Å². The van der Waals surface area contributed by atoms with Crippen LogP contribution in [0.3, 0.4) is 0 Å². The van der Waals surface area contributed by atoms with Crippen molar-refractivity contribution >= 4 is 116 Å². The van der Waals surface area contributed by atoms with Crippen molar-refractivity contribution in [1.29, 1.82) is 0 Å². The lowest BCUT2D eigenvalue weighted by Crippen LogP contribution is -2.01. The number of aromatic amines is 1. The van der Waals surface area contributed by atoms with Gasteiger partial charge in [-0.05, 0) is 181 Å². The number of hydrogen-bond donors (Lipinski definition) is 5. The van der Waals surface area contributed by atoms with Gasteiger partial charge in [-0.2, -0.15) is 5.10 Å². The molecule has 0 spiro atoms. The van der Waals surface area contributed by atoms with Gasteiger partial charge in [0.2, 0.25) is 0 Å². The Morgan fingerprint density at radius 2 is 0.866 bits per heavy atom. The number of hydrogen-bond acceptors (Lipinski definition) is 10. The number of allylic oxidation sites excluding steroid dienone is 2. The van der Waals surface area contributed by atoms with Crippen molar-refractivity contribution < 1.29 is 9.59 Å². The lowest BCUT2D eigenvalue weighted by molar-refractivity contribution is 0.103. The summed E-state index contributed by atoms with van der Waals surface area (Å²) < 4.78 is 1.01. The average Bonchev–Trinajstić information content (AvgIpc) is 4.06. The van der Waals surface area contributed by atoms with Crippen LogP contribution in [-0.4, -0.2) is 40.5 Å². The first-order valence-corrected chi connectivity index (χ1v) is 30.7. The molecule has 0 unspecified atom stereocenters. The van der Waals surface area contributed by atoms with Gasteiger partial charge in [-0.25, -0.2) is 0 Å². The Labute approximate surface area is 509 Å². The third kappa shape index (κ3) is 21.2. The van der Waals surface area contributed by atoms with Crippen molar-refractivity contribution in [2.75, 3.05) is 40.5 Å². The van der Waals surface area contributed by atoms with E-state index in [-0.39, 0.29) is 11.6 Å². The first kappa shape index (κ1) is 61.7. The Morgan fingerprint density at radius 3 is 1.34 bits per heavy atom. The first-order valence-electron chi connectivity index (χ1n) is 25.9. The van der Waals surface area contributed by atoms with Crippen LogP contribution in [0.15, 0.2) is 264 Å². The molecular weight excluding hydrogens is 1140 g/mol. The zero-order valence-electron chi connectivity index (χ0n) is 45.4. The third-order valence-corrected chi connectivity index (χ3v) is 15.5. The number of thioether (sulfide) groups is 3. The van der Waals surface area contributed by atoms with E-state index in [1.165, 1.54) is 34.0 Å². The van der Waals surface area contributed by atoms with Gasteiger partial charge in [0.1, 0.15) is 0 Å². The molecular formula is C68H61Cl3N6O2S3. The van der Waals surface area contributed by atoms with E-state index in [0.717, 1.165) is 72.6 Å². The molecule has 0 aliphatic heterocycles. The normalized spacial score (nSPS) is 10.5. The molecule has 1 aromatic heterocycles. The topological polar surface area (TPSA) is 125 Å². The van der Waals surface area contributed by atoms with E-state index in [1.54, 1.807) is 84.2 Å². The summed E-state index contributed by atoms with van der Waals surface area (Å²) in [6.07, 6.45) is 11.0. The Hall–Kier alpha value is -7.87. The maximum absolute atomic E-state index is 12.4. The molecule has 9 aromatic carbocycles. The van der Waals surface area contributed by atoms with Crippen LogP contribution in [0.5, 0.6) is 0 Å². The third-order valence-electron chi connectivity index (χ3n) is 12.0. The first-order chi connectivity index (χ1) is 39.9. The summed E-state index contributed by atoms with van der Waals surface area (Å²) in [5.74, 6) is 0.730. The largest absolute Gasteiger partial charge is 0.399 e. The molecule has 0 aliphatic carbocycles. The minimum Gasteiger partial charge on any atom is -0.399 e. The smallest absolute Gasteiger partial charge is 0.188 e. The van der Waals surface area contributed by atoms with Crippen molar-refractivity contribution in [3.8, 4) is 11.3 Å². The highest BCUT2D eigenvalue weighted by Gasteiger charge is 2.08. The number of carbonyl (C=O) groups excluding carboxylic acids is 2. The zero-order valence-corrected chi connectivity index (χ0v) is 50.1. The molecule has 10 rings (SSSR count). The number of nitrogens with one attached hydrogen (secondary N) is 4. The van der Waals surface area contributed by atoms with Crippen LogP contribution in [0.25, 0.3) is 11.3 Å². The standard InChI is InChI=1S/C23H20ClNOS.C21H17ClN4.C13H13N.C11H11ClOS2/c1-27-23(16-22(26)19-9-11-20(24)12-10-19)25-21-13-7-18(8-14-21)15-17-5-3-2-4-6-17;22-16-8-6-15(7-9-16)20-14-21(26-25-20)24-19-12-10-18(11-13-19)23-17-4-2-1-3-5-17;14-13-8-6-12(7-9-13)10-11-4-2-1-3-5-11;1-14-11(15-2)7-10(13)8-3-5-9(12)6-4-8/h2-14,16,25H,15H2,1H3;1-14,23H,(H2,24,25,26);1-9H,10,14H2;3-7H,1-2H3/b23-16-;;;. The number of anilines is 6. The Morgan fingerprint density at radius 1 is 0.463 bits per heavy atom. The van der Waals surface area contributed by atoms with Gasteiger partial charge in [0.15, 0.2) is 17.4 Å². The average molecular weight is 1200 g/mol. The fraction of sp³-hybridized carbons (Fsp3) is 0.0735. The molecule has 0 atom stereocenters. The molecule has 14 heteroatoms. The van der Waals surface area contributed by atoms with E-state index in [4.69, 9.17) is 40.5 Å². The van der Waals surface area contributed by atoms with Gasteiger partial charge in [-0.15, -0.1) is 35.3 Å². The summed E-state index contributed by atoms with van der Waals surface area (Å²) >= 11 is 22.2. The van der Waals surface area contributed by atoms with Crippen LogP contribution < -0.4 is 21.7 Å². The summed E-state index contributed by atoms with van der Waals surface area (Å²) in [6.45, 7) is 0. The molecule has 1 heterocycles. The van der Waals surface area contributed by atoms with E-state index < -0.39 is 0 Å². The highest BCUT2D eigenvalue weighted by Crippen LogP contribution is 2.27. The number of carbonyl (C=O) groups is 2. The molecule has 0 aliphatic rings. The van der Waals surface area contributed by atoms with Gasteiger partial charge in [0.05, 0.1) is 10.7 Å². The van der Waals surface area contributed by atoms with Gasteiger partial charge in [-0.3, -0.25) is 14.7 Å². The monoisotopic (exact) mass is 1190 g/mol. The van der Waals surface area contributed by atoms with E-state index in [0.29, 0.717) is 21.2 Å². The summed E-state index contributed by atoms with van der Waals surface area (Å²) in [4.78, 5) is 24.1. The van der Waals surface area contributed by atoms with Crippen LogP contribution in [0.4, 0.5) is 34.3 Å². The molecule has 8 nitrogen and oxygen atoms in total. The second-order valence-corrected chi connectivity index (χ2v) is 22.2. The number of nitrogen functional groups attached to an aromatic ring is 1. The van der Waals surface area contributed by atoms with E-state index in [9.17, 15) is 9.59 Å². The SMILES string of the molecule is CS/C(=C\C(=O)c1ccc(Cl)cc1)Nc1ccc(Cc2ccccc2)cc1.CSC(=CC(=O)c1ccc(Cl)cc1)SC.Clc1ccc(-c2cc(Nc3ccc(Nc4ccccc4)cc3)n[nH]2)cc1.Nc1ccc(Cc2ccccc2)cc1. The fourth-order valence-electron chi connectivity index (χ4n) is 7.75. The lowest BCUT2D eigenvalue weighted by Gasteiger charge is -2.10. The second-order valence-electron chi connectivity index (χ2n) is 18.1. The Balaban J connectivity index is 0.000000164. The number of halogens is 3. The van der Waals surface area contributed by atoms with Gasteiger partial charge in [0, 0.05) is 77.1 Å². The quantitative estimate of drug-likeness (QED) is 0.0322. The number of para-hydroxylation sites is 1. The molecule has 0 amide bonds. The maximum atomic E-state index is 12.4. The van der Waals surface area contributed by atoms with E-state index in [1.807, 2.05) is 140 Å². The highest BCUT2D eigenvalue weighted by atomic mass is 35.5. The molecule has 10 aromatic rings. The molecule has 0 bridgehead atoms. The van der Waals surface area contributed by atoms with Crippen molar-refractivity contribution in [1.82, 2.24) is 10.2 Å². The van der Waals surface area contributed by atoms with Crippen molar-refractivity contribution in [2.45, 2.75) is 12.8 Å². The zero-order chi connectivity index (χ0) is 57.9. The van der Waals surface area contributed by atoms with Crippen LogP contribution in [0.2, 0.25) is 15.1 Å². The Kier molecular flexibility index (Phi) is 25.0.